The zero-order valence-corrected chi connectivity index (χ0v) is 13.6. The lowest BCUT2D eigenvalue weighted by Crippen LogP contribution is -2.39. The third-order valence-electron chi connectivity index (χ3n) is 1.64. The number of amidine groups is 1. The monoisotopic (exact) mass is 308 g/mol. The van der Waals surface area contributed by atoms with E-state index in [9.17, 15) is 9.59 Å². The first-order valence-corrected chi connectivity index (χ1v) is 7.84. The zero-order valence-electron chi connectivity index (χ0n) is 12.0. The Kier molecular flexibility index (Phi) is 8.41. The minimum Gasteiger partial charge on any atom is -0.462 e. The molecule has 7 nitrogen and oxygen atoms in total. The summed E-state index contributed by atoms with van der Waals surface area (Å²) in [5.41, 5.74) is 0. The molecule has 4 amide bonds. The predicted molar refractivity (Wildman–Crippen MR) is 80.1 cm³/mol. The molecule has 0 aliphatic rings. The van der Waals surface area contributed by atoms with Crippen LogP contribution in [0.3, 0.4) is 0 Å². The van der Waals surface area contributed by atoms with E-state index < -0.39 is 12.1 Å². The first-order valence-electron chi connectivity index (χ1n) is 5.47. The highest BCUT2D eigenvalue weighted by Crippen LogP contribution is 2.15. The summed E-state index contributed by atoms with van der Waals surface area (Å²) in [6.45, 7) is 3.56. The third-order valence-corrected chi connectivity index (χ3v) is 3.53. The fourth-order valence-electron chi connectivity index (χ4n) is 0.871. The molecule has 0 rings (SSSR count). The molecule has 1 N–H and O–H groups in total. The highest BCUT2D eigenvalue weighted by molar-refractivity contribution is 8.12. The topological polar surface area (TPSA) is 74.2 Å². The fraction of sp³-hybridized carbons (Fsp3) is 0.700. The minimum atomic E-state index is -0.504. The van der Waals surface area contributed by atoms with Crippen LogP contribution in [0, 0.1) is 0 Å². The van der Waals surface area contributed by atoms with E-state index in [-0.39, 0.29) is 12.1 Å². The van der Waals surface area contributed by atoms with Gasteiger partial charge in [0.2, 0.25) is 0 Å². The standard InChI is InChI=1S/C10H20N4O3S2/c1-7(2)17-8(11-9(15)13(3)4)12-10(16)14(18-5)19-6/h7H,1-6H3,(H,11,12,15,16). The fourth-order valence-corrected chi connectivity index (χ4v) is 1.89. The van der Waals surface area contributed by atoms with Crippen LogP contribution in [0.15, 0.2) is 4.99 Å². The molecule has 0 saturated carbocycles. The van der Waals surface area contributed by atoms with Crippen molar-refractivity contribution in [2.75, 3.05) is 26.6 Å². The van der Waals surface area contributed by atoms with Gasteiger partial charge in [-0.1, -0.05) is 0 Å². The minimum absolute atomic E-state index is 0.105. The lowest BCUT2D eigenvalue weighted by molar-refractivity contribution is 0.205. The van der Waals surface area contributed by atoms with E-state index in [0.717, 1.165) is 0 Å². The first kappa shape index (κ1) is 17.9. The molecule has 0 aromatic rings. The summed E-state index contributed by atoms with van der Waals surface area (Å²) in [7, 11) is 3.13. The van der Waals surface area contributed by atoms with Gasteiger partial charge in [-0.05, 0) is 37.7 Å². The molecule has 0 unspecified atom stereocenters. The maximum atomic E-state index is 11.8. The predicted octanol–water partition coefficient (Wildman–Crippen LogP) is 2.02. The lowest BCUT2D eigenvalue weighted by atomic mass is 10.5. The second-order valence-corrected chi connectivity index (χ2v) is 5.50. The molecule has 9 heteroatoms. The first-order chi connectivity index (χ1) is 8.81. The van der Waals surface area contributed by atoms with Crippen molar-refractivity contribution >= 4 is 42.0 Å². The average molecular weight is 308 g/mol. The quantitative estimate of drug-likeness (QED) is 0.490. The van der Waals surface area contributed by atoms with Gasteiger partial charge >= 0.3 is 18.1 Å². The largest absolute Gasteiger partial charge is 0.462 e. The average Bonchev–Trinajstić information content (AvgIpc) is 2.29. The molecule has 0 aliphatic heterocycles. The van der Waals surface area contributed by atoms with E-state index in [0.29, 0.717) is 0 Å². The van der Waals surface area contributed by atoms with Crippen molar-refractivity contribution in [1.29, 1.82) is 0 Å². The highest BCUT2D eigenvalue weighted by Gasteiger charge is 2.17. The third kappa shape index (κ3) is 7.16. The molecule has 0 spiro atoms. The number of carbonyl (C=O) groups excluding carboxylic acids is 2. The molecule has 110 valence electrons. The van der Waals surface area contributed by atoms with E-state index in [4.69, 9.17) is 4.74 Å². The van der Waals surface area contributed by atoms with Gasteiger partial charge in [-0.15, -0.1) is 4.99 Å². The van der Waals surface area contributed by atoms with Gasteiger partial charge in [-0.2, -0.15) is 0 Å². The van der Waals surface area contributed by atoms with Crippen LogP contribution in [-0.2, 0) is 4.74 Å². The van der Waals surface area contributed by atoms with Crippen molar-refractivity contribution in [2.24, 2.45) is 4.99 Å². The van der Waals surface area contributed by atoms with Crippen molar-refractivity contribution in [2.45, 2.75) is 20.0 Å². The molecule has 0 saturated heterocycles. The van der Waals surface area contributed by atoms with Crippen LogP contribution in [0.2, 0.25) is 0 Å². The van der Waals surface area contributed by atoms with E-state index in [1.54, 1.807) is 40.5 Å². The summed E-state index contributed by atoms with van der Waals surface area (Å²) in [5.74, 6) is 0. The molecule has 0 fully saturated rings. The maximum Gasteiger partial charge on any atom is 0.347 e. The number of nitrogens with zero attached hydrogens (tertiary/aromatic N) is 3. The van der Waals surface area contributed by atoms with Crippen molar-refractivity contribution < 1.29 is 14.3 Å². The summed E-state index contributed by atoms with van der Waals surface area (Å²) in [6, 6.07) is -1.02. The Balaban J connectivity index is 4.87. The molecule has 0 aromatic heterocycles. The van der Waals surface area contributed by atoms with Crippen molar-refractivity contribution in [3.8, 4) is 0 Å². The van der Waals surface area contributed by atoms with Crippen LogP contribution in [0.1, 0.15) is 13.8 Å². The summed E-state index contributed by atoms with van der Waals surface area (Å²) in [5, 5.41) is 2.46. The second-order valence-electron chi connectivity index (χ2n) is 3.81. The van der Waals surface area contributed by atoms with Crippen LogP contribution in [0.25, 0.3) is 0 Å². The Hall–Kier alpha value is -1.09. The SMILES string of the molecule is CSN(SC)C(=O)NC(=NC(=O)N(C)C)OC(C)C. The number of hydrogen-bond donors (Lipinski definition) is 1. The maximum absolute atomic E-state index is 11.8. The number of rotatable bonds is 3. The number of amides is 4. The molecular formula is C10H20N4O3S2. The molecule has 0 heterocycles. The molecule has 0 radical (unpaired) electrons. The Morgan fingerprint density at radius 3 is 2.11 bits per heavy atom. The van der Waals surface area contributed by atoms with Crippen LogP contribution < -0.4 is 5.32 Å². The summed E-state index contributed by atoms with van der Waals surface area (Å²) < 4.78 is 6.71. The van der Waals surface area contributed by atoms with Crippen molar-refractivity contribution in [1.82, 2.24) is 13.9 Å². The molecule has 0 atom stereocenters. The van der Waals surface area contributed by atoms with Crippen LogP contribution >= 0.6 is 23.9 Å². The van der Waals surface area contributed by atoms with E-state index in [1.807, 2.05) is 0 Å². The number of urea groups is 2. The Bertz CT molecular complexity index is 344. The summed E-state index contributed by atoms with van der Waals surface area (Å²) >= 11 is 2.48. The molecule has 19 heavy (non-hydrogen) atoms. The Labute approximate surface area is 122 Å². The number of carbonyl (C=O) groups is 2. The lowest BCUT2D eigenvalue weighted by Gasteiger charge is -2.18. The second kappa shape index (κ2) is 8.92. The number of nitrogens with one attached hydrogen (secondary N) is 1. The smallest absolute Gasteiger partial charge is 0.347 e. The number of ether oxygens (including phenoxy) is 1. The summed E-state index contributed by atoms with van der Waals surface area (Å²) in [6.07, 6.45) is 3.33. The normalized spacial score (nSPS) is 11.2. The van der Waals surface area contributed by atoms with Crippen molar-refractivity contribution in [3.63, 3.8) is 0 Å². The van der Waals surface area contributed by atoms with Gasteiger partial charge in [-0.25, -0.2) is 13.3 Å². The molecule has 0 aliphatic carbocycles. The van der Waals surface area contributed by atoms with E-state index in [1.165, 1.54) is 32.5 Å². The van der Waals surface area contributed by atoms with Gasteiger partial charge in [0, 0.05) is 26.6 Å². The van der Waals surface area contributed by atoms with Gasteiger partial charge in [0.15, 0.2) is 0 Å². The highest BCUT2D eigenvalue weighted by atomic mass is 32.2. The van der Waals surface area contributed by atoms with Crippen LogP contribution in [-0.4, -0.2) is 59.4 Å². The van der Waals surface area contributed by atoms with Crippen molar-refractivity contribution in [3.05, 3.63) is 0 Å². The van der Waals surface area contributed by atoms with Gasteiger partial charge < -0.3 is 9.64 Å². The molecular weight excluding hydrogens is 288 g/mol. The number of hydrogen-bond acceptors (Lipinski definition) is 5. The molecule has 0 aromatic carbocycles. The van der Waals surface area contributed by atoms with Gasteiger partial charge in [0.25, 0.3) is 0 Å². The zero-order chi connectivity index (χ0) is 15.0. The Morgan fingerprint density at radius 1 is 1.21 bits per heavy atom. The van der Waals surface area contributed by atoms with E-state index in [2.05, 4.69) is 10.3 Å². The van der Waals surface area contributed by atoms with Gasteiger partial charge in [-0.3, -0.25) is 5.32 Å². The Morgan fingerprint density at radius 2 is 1.74 bits per heavy atom. The van der Waals surface area contributed by atoms with Gasteiger partial charge in [0.05, 0.1) is 6.10 Å². The van der Waals surface area contributed by atoms with E-state index >= 15 is 0 Å². The van der Waals surface area contributed by atoms with Crippen LogP contribution in [0.4, 0.5) is 9.59 Å². The number of aliphatic imine (C=N–C) groups is 1. The van der Waals surface area contributed by atoms with Gasteiger partial charge in [0.1, 0.15) is 0 Å². The van der Waals surface area contributed by atoms with Crippen LogP contribution in [0.5, 0.6) is 0 Å². The summed E-state index contributed by atoms with van der Waals surface area (Å²) in [4.78, 5) is 28.3. The molecule has 0 bridgehead atoms.